The standard InChI is InChI=1S/C26H46O4/c1-21(2)15-9-5-7-13-19-29-25(27)23-17-11-12-18-24(23)26(28)30-20-14-8-6-10-16-22(3)4/h11-12,21-24H,5-10,13-20H2,1-4H3. The molecule has 0 N–H and O–H groups in total. The van der Waals surface area contributed by atoms with E-state index in [0.717, 1.165) is 37.5 Å². The molecule has 0 radical (unpaired) electrons. The van der Waals surface area contributed by atoms with E-state index in [1.807, 2.05) is 12.2 Å². The number of hydrogen-bond acceptors (Lipinski definition) is 4. The second-order valence-corrected chi connectivity index (χ2v) is 9.68. The van der Waals surface area contributed by atoms with Crippen LogP contribution in [0.3, 0.4) is 0 Å². The highest BCUT2D eigenvalue weighted by molar-refractivity contribution is 5.82. The molecule has 0 saturated carbocycles. The van der Waals surface area contributed by atoms with Crippen LogP contribution in [0.4, 0.5) is 0 Å². The molecule has 0 aliphatic heterocycles. The number of ether oxygens (including phenoxy) is 2. The van der Waals surface area contributed by atoms with E-state index in [2.05, 4.69) is 27.7 Å². The van der Waals surface area contributed by atoms with E-state index < -0.39 is 11.8 Å². The van der Waals surface area contributed by atoms with Gasteiger partial charge in [0.1, 0.15) is 0 Å². The van der Waals surface area contributed by atoms with Crippen LogP contribution >= 0.6 is 0 Å². The fourth-order valence-corrected chi connectivity index (χ4v) is 3.91. The maximum Gasteiger partial charge on any atom is 0.310 e. The van der Waals surface area contributed by atoms with E-state index in [4.69, 9.17) is 9.47 Å². The van der Waals surface area contributed by atoms with Gasteiger partial charge in [0.05, 0.1) is 25.0 Å². The number of carbonyl (C=O) groups is 2. The van der Waals surface area contributed by atoms with Crippen LogP contribution in [-0.2, 0) is 19.1 Å². The Hall–Kier alpha value is -1.32. The third kappa shape index (κ3) is 12.4. The summed E-state index contributed by atoms with van der Waals surface area (Å²) >= 11 is 0. The maximum atomic E-state index is 12.5. The summed E-state index contributed by atoms with van der Waals surface area (Å²) < 4.78 is 11.0. The fraction of sp³-hybridized carbons (Fsp3) is 0.846. The maximum absolute atomic E-state index is 12.5. The minimum absolute atomic E-state index is 0.239. The lowest BCUT2D eigenvalue weighted by atomic mass is 9.83. The van der Waals surface area contributed by atoms with E-state index in [9.17, 15) is 9.59 Å². The molecule has 0 spiro atoms. The number of esters is 2. The Morgan fingerprint density at radius 3 is 1.40 bits per heavy atom. The molecule has 2 atom stereocenters. The van der Waals surface area contributed by atoms with Gasteiger partial charge in [0.25, 0.3) is 0 Å². The van der Waals surface area contributed by atoms with Crippen molar-refractivity contribution in [2.45, 2.75) is 105 Å². The molecule has 0 aromatic carbocycles. The minimum atomic E-state index is -0.394. The lowest BCUT2D eigenvalue weighted by Gasteiger charge is -2.25. The number of unbranched alkanes of at least 4 members (excludes halogenated alkanes) is 6. The van der Waals surface area contributed by atoms with Gasteiger partial charge in [0, 0.05) is 0 Å². The number of rotatable bonds is 16. The zero-order valence-electron chi connectivity index (χ0n) is 20.0. The highest BCUT2D eigenvalue weighted by Gasteiger charge is 2.36. The third-order valence-electron chi connectivity index (χ3n) is 5.88. The predicted octanol–water partition coefficient (Wildman–Crippen LogP) is 6.87. The molecule has 1 aliphatic carbocycles. The largest absolute Gasteiger partial charge is 0.465 e. The summed E-state index contributed by atoms with van der Waals surface area (Å²) in [6.45, 7) is 9.90. The third-order valence-corrected chi connectivity index (χ3v) is 5.88. The molecule has 4 heteroatoms. The first kappa shape index (κ1) is 26.7. The van der Waals surface area contributed by atoms with Crippen molar-refractivity contribution in [1.82, 2.24) is 0 Å². The van der Waals surface area contributed by atoms with E-state index >= 15 is 0 Å². The summed E-state index contributed by atoms with van der Waals surface area (Å²) in [5.41, 5.74) is 0. The van der Waals surface area contributed by atoms with Gasteiger partial charge in [-0.05, 0) is 37.5 Å². The van der Waals surface area contributed by atoms with Crippen molar-refractivity contribution >= 4 is 11.9 Å². The van der Waals surface area contributed by atoms with Gasteiger partial charge in [-0.15, -0.1) is 0 Å². The summed E-state index contributed by atoms with van der Waals surface area (Å²) in [4.78, 5) is 25.1. The van der Waals surface area contributed by atoms with Crippen LogP contribution in [0.2, 0.25) is 0 Å². The molecule has 1 rings (SSSR count). The Kier molecular flexibility index (Phi) is 14.6. The highest BCUT2D eigenvalue weighted by Crippen LogP contribution is 2.28. The summed E-state index contributed by atoms with van der Waals surface area (Å²) in [7, 11) is 0. The normalized spacial score (nSPS) is 18.7. The summed E-state index contributed by atoms with van der Waals surface area (Å²) in [6.07, 6.45) is 16.5. The second-order valence-electron chi connectivity index (χ2n) is 9.68. The van der Waals surface area contributed by atoms with Crippen molar-refractivity contribution in [2.75, 3.05) is 13.2 Å². The van der Waals surface area contributed by atoms with Crippen molar-refractivity contribution in [3.05, 3.63) is 12.2 Å². The van der Waals surface area contributed by atoms with Gasteiger partial charge in [-0.1, -0.05) is 91.2 Å². The molecule has 0 bridgehead atoms. The van der Waals surface area contributed by atoms with Crippen LogP contribution in [-0.4, -0.2) is 25.2 Å². The molecule has 0 aromatic rings. The van der Waals surface area contributed by atoms with Crippen LogP contribution < -0.4 is 0 Å². The first-order valence-corrected chi connectivity index (χ1v) is 12.4. The number of allylic oxidation sites excluding steroid dienone is 2. The van der Waals surface area contributed by atoms with Gasteiger partial charge in [0.15, 0.2) is 0 Å². The van der Waals surface area contributed by atoms with E-state index in [-0.39, 0.29) is 11.9 Å². The molecular formula is C26H46O4. The number of carbonyl (C=O) groups excluding carboxylic acids is 2. The van der Waals surface area contributed by atoms with Crippen LogP contribution in [0.1, 0.15) is 105 Å². The van der Waals surface area contributed by atoms with Crippen LogP contribution in [0.25, 0.3) is 0 Å². The average molecular weight is 423 g/mol. The average Bonchev–Trinajstić information content (AvgIpc) is 2.71. The SMILES string of the molecule is CC(C)CCCCCCOC(=O)C1CC=CCC1C(=O)OCCCCCCC(C)C. The van der Waals surface area contributed by atoms with E-state index in [0.29, 0.717) is 26.1 Å². The lowest BCUT2D eigenvalue weighted by Crippen LogP contribution is -2.34. The van der Waals surface area contributed by atoms with Crippen molar-refractivity contribution in [1.29, 1.82) is 0 Å². The monoisotopic (exact) mass is 422 g/mol. The van der Waals surface area contributed by atoms with Gasteiger partial charge in [0.2, 0.25) is 0 Å². The smallest absolute Gasteiger partial charge is 0.310 e. The fourth-order valence-electron chi connectivity index (χ4n) is 3.91. The van der Waals surface area contributed by atoms with Crippen molar-refractivity contribution < 1.29 is 19.1 Å². The summed E-state index contributed by atoms with van der Waals surface area (Å²) in [6, 6.07) is 0. The minimum Gasteiger partial charge on any atom is -0.465 e. The van der Waals surface area contributed by atoms with E-state index in [1.165, 1.54) is 38.5 Å². The Morgan fingerprint density at radius 1 is 0.667 bits per heavy atom. The first-order valence-electron chi connectivity index (χ1n) is 12.4. The zero-order valence-corrected chi connectivity index (χ0v) is 20.0. The Balaban J connectivity index is 2.23. The quantitative estimate of drug-likeness (QED) is 0.155. The molecular weight excluding hydrogens is 376 g/mol. The summed E-state index contributed by atoms with van der Waals surface area (Å²) in [5, 5.41) is 0. The van der Waals surface area contributed by atoms with Crippen LogP contribution in [0.15, 0.2) is 12.2 Å². The van der Waals surface area contributed by atoms with E-state index in [1.54, 1.807) is 0 Å². The summed E-state index contributed by atoms with van der Waals surface area (Å²) in [5.74, 6) is 0.241. The lowest BCUT2D eigenvalue weighted by molar-refractivity contribution is -0.161. The van der Waals surface area contributed by atoms with Crippen LogP contribution in [0, 0.1) is 23.7 Å². The predicted molar refractivity (Wildman–Crippen MR) is 123 cm³/mol. The molecule has 0 heterocycles. The zero-order chi connectivity index (χ0) is 22.2. The Morgan fingerprint density at radius 2 is 1.03 bits per heavy atom. The van der Waals surface area contributed by atoms with Gasteiger partial charge >= 0.3 is 11.9 Å². The van der Waals surface area contributed by atoms with Crippen molar-refractivity contribution in [3.8, 4) is 0 Å². The second kappa shape index (κ2) is 16.4. The molecule has 30 heavy (non-hydrogen) atoms. The Bertz CT molecular complexity index is 451. The molecule has 0 amide bonds. The molecule has 0 fully saturated rings. The van der Waals surface area contributed by atoms with Gasteiger partial charge in [-0.2, -0.15) is 0 Å². The van der Waals surface area contributed by atoms with Gasteiger partial charge < -0.3 is 9.47 Å². The number of hydrogen-bond donors (Lipinski definition) is 0. The highest BCUT2D eigenvalue weighted by atomic mass is 16.5. The molecule has 174 valence electrons. The molecule has 4 nitrogen and oxygen atoms in total. The van der Waals surface area contributed by atoms with Gasteiger partial charge in [-0.3, -0.25) is 9.59 Å². The topological polar surface area (TPSA) is 52.6 Å². The molecule has 0 aromatic heterocycles. The van der Waals surface area contributed by atoms with Crippen molar-refractivity contribution in [3.63, 3.8) is 0 Å². The van der Waals surface area contributed by atoms with Gasteiger partial charge in [-0.25, -0.2) is 0 Å². The molecule has 2 unspecified atom stereocenters. The molecule has 1 aliphatic rings. The van der Waals surface area contributed by atoms with Crippen LogP contribution in [0.5, 0.6) is 0 Å². The Labute approximate surface area is 185 Å². The molecule has 0 saturated heterocycles. The van der Waals surface area contributed by atoms with Crippen molar-refractivity contribution in [2.24, 2.45) is 23.7 Å². The first-order chi connectivity index (χ1) is 14.4.